The Labute approximate surface area is 120 Å². The first-order chi connectivity index (χ1) is 9.83. The highest BCUT2D eigenvalue weighted by molar-refractivity contribution is 5.04. The Morgan fingerprint density at radius 1 is 1.40 bits per heavy atom. The van der Waals surface area contributed by atoms with E-state index >= 15 is 0 Å². The molecule has 0 bridgehead atoms. The summed E-state index contributed by atoms with van der Waals surface area (Å²) in [5, 5.41) is 7.72. The molecule has 3 rings (SSSR count). The average molecular weight is 279 g/mol. The molecule has 112 valence electrons. The number of hydrogen-bond acceptors (Lipinski definition) is 5. The zero-order valence-electron chi connectivity index (χ0n) is 12.5. The summed E-state index contributed by atoms with van der Waals surface area (Å²) in [6, 6.07) is 0.257. The van der Waals surface area contributed by atoms with Crippen LogP contribution in [0.15, 0.2) is 4.52 Å². The molecule has 20 heavy (non-hydrogen) atoms. The summed E-state index contributed by atoms with van der Waals surface area (Å²) in [6.07, 6.45) is 5.93. The highest BCUT2D eigenvalue weighted by Crippen LogP contribution is 2.44. The minimum Gasteiger partial charge on any atom is -0.370 e. The fraction of sp³-hybridized carbons (Fsp3) is 0.867. The molecule has 4 atom stereocenters. The first kappa shape index (κ1) is 14.0. The maximum atomic E-state index is 5.73. The molecule has 1 aromatic rings. The molecule has 1 N–H and O–H groups in total. The third-order valence-corrected chi connectivity index (χ3v) is 4.68. The van der Waals surface area contributed by atoms with Crippen LogP contribution in [0.25, 0.3) is 0 Å². The first-order valence-electron chi connectivity index (χ1n) is 8.02. The van der Waals surface area contributed by atoms with Crippen molar-refractivity contribution >= 4 is 0 Å². The van der Waals surface area contributed by atoms with Gasteiger partial charge in [0.2, 0.25) is 11.7 Å². The van der Waals surface area contributed by atoms with Gasteiger partial charge in [0, 0.05) is 6.61 Å². The lowest BCUT2D eigenvalue weighted by Gasteiger charge is -2.14. The van der Waals surface area contributed by atoms with Crippen molar-refractivity contribution in [2.24, 2.45) is 11.8 Å². The maximum Gasteiger partial charge on any atom is 0.244 e. The van der Waals surface area contributed by atoms with Crippen LogP contribution in [-0.2, 0) is 4.74 Å². The van der Waals surface area contributed by atoms with Gasteiger partial charge in [-0.2, -0.15) is 4.98 Å². The molecular weight excluding hydrogens is 254 g/mol. The third-order valence-electron chi connectivity index (χ3n) is 4.68. The molecular formula is C15H25N3O2. The van der Waals surface area contributed by atoms with Crippen LogP contribution in [0.4, 0.5) is 0 Å². The molecule has 5 heteroatoms. The molecule has 4 unspecified atom stereocenters. The van der Waals surface area contributed by atoms with Gasteiger partial charge in [-0.15, -0.1) is 0 Å². The second-order valence-corrected chi connectivity index (χ2v) is 5.96. The second-order valence-electron chi connectivity index (χ2n) is 5.96. The molecule has 0 radical (unpaired) electrons. The van der Waals surface area contributed by atoms with Crippen LogP contribution in [0.5, 0.6) is 0 Å². The highest BCUT2D eigenvalue weighted by atomic mass is 16.5. The zero-order chi connectivity index (χ0) is 13.9. The lowest BCUT2D eigenvalue weighted by atomic mass is 9.94. The Morgan fingerprint density at radius 2 is 2.30 bits per heavy atom. The summed E-state index contributed by atoms with van der Waals surface area (Å²) >= 11 is 0. The monoisotopic (exact) mass is 279 g/mol. The first-order valence-corrected chi connectivity index (χ1v) is 8.02. The van der Waals surface area contributed by atoms with Gasteiger partial charge in [0.1, 0.15) is 6.10 Å². The lowest BCUT2D eigenvalue weighted by molar-refractivity contribution is 0.0477. The quantitative estimate of drug-likeness (QED) is 0.867. The summed E-state index contributed by atoms with van der Waals surface area (Å²) in [7, 11) is 0. The van der Waals surface area contributed by atoms with Gasteiger partial charge in [0.05, 0.1) is 6.04 Å². The number of nitrogens with zero attached hydrogens (tertiary/aromatic N) is 2. The Kier molecular flexibility index (Phi) is 4.36. The van der Waals surface area contributed by atoms with E-state index in [2.05, 4.69) is 22.4 Å². The van der Waals surface area contributed by atoms with Crippen molar-refractivity contribution in [3.63, 3.8) is 0 Å². The number of aromatic nitrogens is 2. The van der Waals surface area contributed by atoms with E-state index in [0.717, 1.165) is 31.2 Å². The summed E-state index contributed by atoms with van der Waals surface area (Å²) in [5.41, 5.74) is 0. The van der Waals surface area contributed by atoms with Crippen molar-refractivity contribution in [1.82, 2.24) is 15.5 Å². The molecule has 5 nitrogen and oxygen atoms in total. The standard InChI is InChI=1S/C15H25N3O2/c1-3-6-12(19-4-2)14-17-15(20-18-14)13-11-8-5-7-10(11)9-16-13/h10-13,16H,3-9H2,1-2H3. The molecule has 1 aliphatic heterocycles. The van der Waals surface area contributed by atoms with Crippen molar-refractivity contribution < 1.29 is 9.26 Å². The Morgan fingerprint density at radius 3 is 3.10 bits per heavy atom. The van der Waals surface area contributed by atoms with Crippen LogP contribution in [0, 0.1) is 11.8 Å². The fourth-order valence-electron chi connectivity index (χ4n) is 3.71. The minimum atomic E-state index is -0.0247. The predicted octanol–water partition coefficient (Wildman–Crippen LogP) is 3.01. The van der Waals surface area contributed by atoms with Crippen LogP contribution in [-0.4, -0.2) is 23.3 Å². The van der Waals surface area contributed by atoms with E-state index in [1.165, 1.54) is 19.3 Å². The normalized spacial score (nSPS) is 30.6. The van der Waals surface area contributed by atoms with Crippen LogP contribution in [0.3, 0.4) is 0 Å². The number of ether oxygens (including phenoxy) is 1. The number of nitrogens with one attached hydrogen (secondary N) is 1. The van der Waals surface area contributed by atoms with Crippen LogP contribution in [0.2, 0.25) is 0 Å². The average Bonchev–Trinajstić information content (AvgIpc) is 3.14. The largest absolute Gasteiger partial charge is 0.370 e. The number of hydrogen-bond donors (Lipinski definition) is 1. The van der Waals surface area contributed by atoms with Gasteiger partial charge in [-0.1, -0.05) is 24.9 Å². The third kappa shape index (κ3) is 2.61. The van der Waals surface area contributed by atoms with Crippen LogP contribution >= 0.6 is 0 Å². The van der Waals surface area contributed by atoms with E-state index in [1.54, 1.807) is 0 Å². The molecule has 1 aromatic heterocycles. The Balaban J connectivity index is 1.72. The topological polar surface area (TPSA) is 60.2 Å². The van der Waals surface area contributed by atoms with E-state index in [9.17, 15) is 0 Å². The van der Waals surface area contributed by atoms with E-state index in [4.69, 9.17) is 9.26 Å². The molecule has 2 aliphatic rings. The molecule has 0 amide bonds. The van der Waals surface area contributed by atoms with Gasteiger partial charge in [0.25, 0.3) is 0 Å². The van der Waals surface area contributed by atoms with Crippen molar-refractivity contribution in [3.8, 4) is 0 Å². The van der Waals surface area contributed by atoms with Crippen LogP contribution < -0.4 is 5.32 Å². The molecule has 2 fully saturated rings. The smallest absolute Gasteiger partial charge is 0.244 e. The summed E-state index contributed by atoms with van der Waals surface area (Å²) in [5.74, 6) is 2.95. The van der Waals surface area contributed by atoms with Crippen molar-refractivity contribution in [2.75, 3.05) is 13.2 Å². The van der Waals surface area contributed by atoms with Gasteiger partial charge < -0.3 is 14.6 Å². The Hall–Kier alpha value is -0.940. The number of fused-ring (bicyclic) bond motifs is 1. The van der Waals surface area contributed by atoms with Gasteiger partial charge in [-0.05, 0) is 44.6 Å². The second kappa shape index (κ2) is 6.22. The van der Waals surface area contributed by atoms with E-state index < -0.39 is 0 Å². The highest BCUT2D eigenvalue weighted by Gasteiger charge is 2.42. The summed E-state index contributed by atoms with van der Waals surface area (Å²) in [6.45, 7) is 5.93. The lowest BCUT2D eigenvalue weighted by Crippen LogP contribution is -2.18. The van der Waals surface area contributed by atoms with E-state index in [0.29, 0.717) is 18.3 Å². The molecule has 0 spiro atoms. The predicted molar refractivity (Wildman–Crippen MR) is 75.1 cm³/mol. The van der Waals surface area contributed by atoms with Gasteiger partial charge in [-0.25, -0.2) is 0 Å². The Bertz CT molecular complexity index is 429. The van der Waals surface area contributed by atoms with Crippen molar-refractivity contribution in [2.45, 2.75) is 58.1 Å². The molecule has 2 heterocycles. The van der Waals surface area contributed by atoms with Gasteiger partial charge in [0.15, 0.2) is 0 Å². The molecule has 1 aliphatic carbocycles. The maximum absolute atomic E-state index is 5.73. The SMILES string of the molecule is CCCC(OCC)c1noc(C2NCC3CCCC32)n1. The van der Waals surface area contributed by atoms with Crippen molar-refractivity contribution in [3.05, 3.63) is 11.7 Å². The minimum absolute atomic E-state index is 0.0247. The summed E-state index contributed by atoms with van der Waals surface area (Å²) in [4.78, 5) is 4.62. The van der Waals surface area contributed by atoms with E-state index in [1.807, 2.05) is 6.92 Å². The van der Waals surface area contributed by atoms with Crippen molar-refractivity contribution in [1.29, 1.82) is 0 Å². The van der Waals surface area contributed by atoms with Gasteiger partial charge in [-0.3, -0.25) is 0 Å². The van der Waals surface area contributed by atoms with Crippen LogP contribution in [0.1, 0.15) is 69.8 Å². The zero-order valence-corrected chi connectivity index (χ0v) is 12.5. The summed E-state index contributed by atoms with van der Waals surface area (Å²) < 4.78 is 11.3. The molecule has 0 aromatic carbocycles. The molecule has 1 saturated heterocycles. The van der Waals surface area contributed by atoms with Gasteiger partial charge >= 0.3 is 0 Å². The number of rotatable bonds is 6. The van der Waals surface area contributed by atoms with E-state index in [-0.39, 0.29) is 12.1 Å². The molecule has 1 saturated carbocycles. The fourth-order valence-corrected chi connectivity index (χ4v) is 3.71.